The summed E-state index contributed by atoms with van der Waals surface area (Å²) >= 11 is 1.12. The van der Waals surface area contributed by atoms with E-state index in [9.17, 15) is 18.0 Å². The van der Waals surface area contributed by atoms with E-state index in [0.717, 1.165) is 21.6 Å². The number of carbonyl (C=O) groups excluding carboxylic acids is 1. The molecular formula is C11H8F3NOS. The third-order valence-corrected chi connectivity index (χ3v) is 3.25. The molecule has 0 aliphatic carbocycles. The van der Waals surface area contributed by atoms with Crippen LogP contribution in [-0.4, -0.2) is 16.9 Å². The monoisotopic (exact) mass is 259 g/mol. The van der Waals surface area contributed by atoms with E-state index in [1.54, 1.807) is 12.1 Å². The van der Waals surface area contributed by atoms with Gasteiger partial charge in [-0.3, -0.25) is 4.79 Å². The average molecular weight is 259 g/mol. The summed E-state index contributed by atoms with van der Waals surface area (Å²) in [7, 11) is 0. The molecule has 0 unspecified atom stereocenters. The summed E-state index contributed by atoms with van der Waals surface area (Å²) in [5, 5.41) is 0.202. The minimum atomic E-state index is -4.78. The molecule has 2 rings (SSSR count). The number of thiazole rings is 1. The quantitative estimate of drug-likeness (QED) is 0.828. The molecule has 0 amide bonds. The molecule has 6 heteroatoms. The number of hydrogen-bond acceptors (Lipinski definition) is 3. The van der Waals surface area contributed by atoms with Crippen molar-refractivity contribution < 1.29 is 18.0 Å². The second-order valence-electron chi connectivity index (χ2n) is 3.68. The first-order valence-corrected chi connectivity index (χ1v) is 5.64. The SMILES string of the molecule is Cc1ccc2sc(CC(=O)C(F)(F)F)nc2c1. The molecule has 0 spiro atoms. The fraction of sp³-hybridized carbons (Fsp3) is 0.273. The van der Waals surface area contributed by atoms with Crippen LogP contribution in [0.25, 0.3) is 10.2 Å². The number of nitrogens with zero attached hydrogens (tertiary/aromatic N) is 1. The Balaban J connectivity index is 2.29. The topological polar surface area (TPSA) is 30.0 Å². The molecule has 0 N–H and O–H groups in total. The number of carbonyl (C=O) groups is 1. The van der Waals surface area contributed by atoms with Crippen LogP contribution >= 0.6 is 11.3 Å². The van der Waals surface area contributed by atoms with Crippen LogP contribution in [0.2, 0.25) is 0 Å². The Morgan fingerprint density at radius 1 is 1.41 bits per heavy atom. The second-order valence-corrected chi connectivity index (χ2v) is 4.79. The van der Waals surface area contributed by atoms with E-state index in [-0.39, 0.29) is 5.01 Å². The van der Waals surface area contributed by atoms with Gasteiger partial charge in [0.15, 0.2) is 0 Å². The van der Waals surface area contributed by atoms with Gasteiger partial charge in [0.2, 0.25) is 5.78 Å². The summed E-state index contributed by atoms with van der Waals surface area (Å²) in [6.07, 6.45) is -5.46. The van der Waals surface area contributed by atoms with E-state index < -0.39 is 18.4 Å². The molecule has 0 atom stereocenters. The molecule has 0 radical (unpaired) electrons. The molecule has 17 heavy (non-hydrogen) atoms. The Morgan fingerprint density at radius 3 is 2.76 bits per heavy atom. The zero-order chi connectivity index (χ0) is 12.6. The van der Waals surface area contributed by atoms with E-state index in [1.807, 2.05) is 13.0 Å². The lowest BCUT2D eigenvalue weighted by Crippen LogP contribution is -2.24. The number of aromatic nitrogens is 1. The van der Waals surface area contributed by atoms with Crippen molar-refractivity contribution in [1.82, 2.24) is 4.98 Å². The third kappa shape index (κ3) is 2.63. The standard InChI is InChI=1S/C11H8F3NOS/c1-6-2-3-8-7(4-6)15-10(17-8)5-9(16)11(12,13)14/h2-4H,5H2,1H3. The highest BCUT2D eigenvalue weighted by Gasteiger charge is 2.38. The lowest BCUT2D eigenvalue weighted by atomic mass is 10.2. The maximum atomic E-state index is 12.1. The summed E-state index contributed by atoms with van der Waals surface area (Å²) in [4.78, 5) is 14.8. The fourth-order valence-electron chi connectivity index (χ4n) is 1.40. The van der Waals surface area contributed by atoms with Gasteiger partial charge in [-0.05, 0) is 24.6 Å². The smallest absolute Gasteiger partial charge is 0.289 e. The largest absolute Gasteiger partial charge is 0.450 e. The lowest BCUT2D eigenvalue weighted by Gasteiger charge is -2.01. The Morgan fingerprint density at radius 2 is 2.12 bits per heavy atom. The van der Waals surface area contributed by atoms with Crippen LogP contribution in [0, 0.1) is 6.92 Å². The van der Waals surface area contributed by atoms with Crippen LogP contribution in [0.3, 0.4) is 0 Å². The number of hydrogen-bond donors (Lipinski definition) is 0. The van der Waals surface area contributed by atoms with E-state index in [1.165, 1.54) is 0 Å². The molecule has 0 bridgehead atoms. The van der Waals surface area contributed by atoms with Gasteiger partial charge in [0.1, 0.15) is 5.01 Å². The van der Waals surface area contributed by atoms with Crippen molar-refractivity contribution in [3.8, 4) is 0 Å². The van der Waals surface area contributed by atoms with Crippen LogP contribution in [-0.2, 0) is 11.2 Å². The van der Waals surface area contributed by atoms with Crippen LogP contribution in [0.15, 0.2) is 18.2 Å². The zero-order valence-corrected chi connectivity index (χ0v) is 9.65. The van der Waals surface area contributed by atoms with Gasteiger partial charge in [0, 0.05) is 0 Å². The van der Waals surface area contributed by atoms with E-state index in [4.69, 9.17) is 0 Å². The minimum Gasteiger partial charge on any atom is -0.289 e. The van der Waals surface area contributed by atoms with Gasteiger partial charge < -0.3 is 0 Å². The number of ketones is 1. The Bertz CT molecular complexity index is 574. The number of benzene rings is 1. The fourth-order valence-corrected chi connectivity index (χ4v) is 2.34. The number of Topliss-reactive ketones (excluding diaryl/α,β-unsaturated/α-hetero) is 1. The van der Waals surface area contributed by atoms with Crippen LogP contribution in [0.1, 0.15) is 10.6 Å². The van der Waals surface area contributed by atoms with Crippen molar-refractivity contribution in [2.45, 2.75) is 19.5 Å². The van der Waals surface area contributed by atoms with E-state index >= 15 is 0 Å². The molecule has 1 aromatic carbocycles. The number of alkyl halides is 3. The molecule has 0 saturated carbocycles. The maximum absolute atomic E-state index is 12.1. The van der Waals surface area contributed by atoms with Crippen LogP contribution in [0.5, 0.6) is 0 Å². The van der Waals surface area contributed by atoms with E-state index in [0.29, 0.717) is 5.52 Å². The number of rotatable bonds is 2. The van der Waals surface area contributed by atoms with Crippen molar-refractivity contribution in [3.63, 3.8) is 0 Å². The number of halogens is 3. The molecule has 0 aliphatic heterocycles. The highest BCUT2D eigenvalue weighted by molar-refractivity contribution is 7.18. The lowest BCUT2D eigenvalue weighted by molar-refractivity contribution is -0.170. The maximum Gasteiger partial charge on any atom is 0.450 e. The van der Waals surface area contributed by atoms with Crippen LogP contribution < -0.4 is 0 Å². The summed E-state index contributed by atoms with van der Waals surface area (Å²) in [6, 6.07) is 5.44. The highest BCUT2D eigenvalue weighted by atomic mass is 32.1. The zero-order valence-electron chi connectivity index (χ0n) is 8.84. The summed E-state index contributed by atoms with van der Waals surface area (Å²) < 4.78 is 37.0. The number of aryl methyl sites for hydroxylation is 1. The van der Waals surface area contributed by atoms with E-state index in [2.05, 4.69) is 4.98 Å². The molecule has 0 fully saturated rings. The Kier molecular flexibility index (Phi) is 2.91. The molecule has 90 valence electrons. The van der Waals surface area contributed by atoms with Gasteiger partial charge >= 0.3 is 6.18 Å². The first-order chi connectivity index (χ1) is 7.86. The average Bonchev–Trinajstić information content (AvgIpc) is 2.57. The van der Waals surface area contributed by atoms with Gasteiger partial charge in [-0.1, -0.05) is 6.07 Å². The van der Waals surface area contributed by atoms with Gasteiger partial charge in [-0.15, -0.1) is 11.3 Å². The Labute approximate surface area is 99.1 Å². The predicted octanol–water partition coefficient (Wildman–Crippen LogP) is 3.28. The van der Waals surface area contributed by atoms with Crippen molar-refractivity contribution in [2.75, 3.05) is 0 Å². The first kappa shape index (κ1) is 12.0. The summed E-state index contributed by atoms with van der Waals surface area (Å²) in [5.41, 5.74) is 1.62. The molecule has 1 aromatic heterocycles. The first-order valence-electron chi connectivity index (χ1n) is 4.82. The van der Waals surface area contributed by atoms with Crippen molar-refractivity contribution in [2.24, 2.45) is 0 Å². The second kappa shape index (κ2) is 4.10. The predicted molar refractivity (Wildman–Crippen MR) is 59.1 cm³/mol. The van der Waals surface area contributed by atoms with Gasteiger partial charge in [0.25, 0.3) is 0 Å². The summed E-state index contributed by atoms with van der Waals surface area (Å²) in [6.45, 7) is 1.87. The third-order valence-electron chi connectivity index (χ3n) is 2.22. The molecule has 1 heterocycles. The number of fused-ring (bicyclic) bond motifs is 1. The van der Waals surface area contributed by atoms with Crippen LogP contribution in [0.4, 0.5) is 13.2 Å². The molecule has 0 saturated heterocycles. The van der Waals surface area contributed by atoms with Crippen molar-refractivity contribution in [1.29, 1.82) is 0 Å². The van der Waals surface area contributed by atoms with Gasteiger partial charge in [0.05, 0.1) is 16.6 Å². The van der Waals surface area contributed by atoms with Gasteiger partial charge in [-0.25, -0.2) is 4.98 Å². The molecule has 2 aromatic rings. The Hall–Kier alpha value is -1.43. The van der Waals surface area contributed by atoms with Gasteiger partial charge in [-0.2, -0.15) is 13.2 Å². The summed E-state index contributed by atoms with van der Waals surface area (Å²) in [5.74, 6) is -1.76. The minimum absolute atomic E-state index is 0.202. The van der Waals surface area contributed by atoms with Crippen molar-refractivity contribution in [3.05, 3.63) is 28.8 Å². The highest BCUT2D eigenvalue weighted by Crippen LogP contribution is 2.25. The molecular weight excluding hydrogens is 251 g/mol. The molecule has 2 nitrogen and oxygen atoms in total. The normalized spacial score (nSPS) is 12.0. The molecule has 0 aliphatic rings. The van der Waals surface area contributed by atoms with Crippen molar-refractivity contribution >= 4 is 27.3 Å².